The van der Waals surface area contributed by atoms with Crippen LogP contribution >= 0.6 is 11.6 Å². The first-order valence-corrected chi connectivity index (χ1v) is 9.82. The first kappa shape index (κ1) is 20.5. The summed E-state index contributed by atoms with van der Waals surface area (Å²) in [6.07, 6.45) is 0. The fraction of sp³-hybridized carbons (Fsp3) is 0.0833. The third-order valence-corrected chi connectivity index (χ3v) is 4.85. The zero-order valence-electron chi connectivity index (χ0n) is 16.6. The maximum absolute atomic E-state index is 13.1. The van der Waals surface area contributed by atoms with Crippen molar-refractivity contribution in [2.45, 2.75) is 0 Å². The Morgan fingerprint density at radius 3 is 2.35 bits per heavy atom. The lowest BCUT2D eigenvalue weighted by atomic mass is 10.1. The second-order valence-electron chi connectivity index (χ2n) is 6.63. The molecule has 0 spiro atoms. The minimum absolute atomic E-state index is 0.0363. The zero-order chi connectivity index (χ0) is 21.8. The molecule has 7 heteroatoms. The molecule has 0 aliphatic rings. The van der Waals surface area contributed by atoms with E-state index >= 15 is 0 Å². The number of para-hydroxylation sites is 3. The van der Waals surface area contributed by atoms with Crippen molar-refractivity contribution in [2.75, 3.05) is 19.0 Å². The number of hydrogen-bond acceptors (Lipinski definition) is 5. The fourth-order valence-electron chi connectivity index (χ4n) is 3.12. The zero-order valence-corrected chi connectivity index (χ0v) is 17.3. The van der Waals surface area contributed by atoms with E-state index in [1.54, 1.807) is 72.8 Å². The van der Waals surface area contributed by atoms with E-state index in [2.05, 4.69) is 5.32 Å². The number of rotatable bonds is 7. The van der Waals surface area contributed by atoms with Crippen LogP contribution in [0.2, 0.25) is 5.02 Å². The molecule has 1 N–H and O–H groups in total. The van der Waals surface area contributed by atoms with Crippen molar-refractivity contribution >= 4 is 39.9 Å². The Kier molecular flexibility index (Phi) is 5.91. The van der Waals surface area contributed by atoms with Gasteiger partial charge in [-0.05, 0) is 48.5 Å². The molecule has 0 radical (unpaired) electrons. The molecule has 0 aliphatic heterocycles. The SMILES string of the molecule is COc1ccccc1OCC(=O)Nc1c(C(=O)c2ccc(Cl)cc2)oc2ccccc12. The summed E-state index contributed by atoms with van der Waals surface area (Å²) in [5, 5.41) is 3.89. The molecular formula is C24H18ClNO5. The number of benzene rings is 3. The summed E-state index contributed by atoms with van der Waals surface area (Å²) in [5.74, 6) is 0.183. The van der Waals surface area contributed by atoms with Gasteiger partial charge in [0.1, 0.15) is 5.58 Å². The van der Waals surface area contributed by atoms with Crippen LogP contribution in [0.3, 0.4) is 0 Å². The largest absolute Gasteiger partial charge is 0.493 e. The summed E-state index contributed by atoms with van der Waals surface area (Å²) in [6, 6.07) is 20.6. The van der Waals surface area contributed by atoms with Crippen LogP contribution in [0.25, 0.3) is 11.0 Å². The van der Waals surface area contributed by atoms with E-state index in [1.807, 2.05) is 0 Å². The first-order chi connectivity index (χ1) is 15.1. The molecule has 0 atom stereocenters. The lowest BCUT2D eigenvalue weighted by Gasteiger charge is -2.10. The van der Waals surface area contributed by atoms with Gasteiger partial charge in [-0.1, -0.05) is 35.9 Å². The number of ether oxygens (including phenoxy) is 2. The van der Waals surface area contributed by atoms with E-state index in [4.69, 9.17) is 25.5 Å². The van der Waals surface area contributed by atoms with Crippen molar-refractivity contribution in [1.29, 1.82) is 0 Å². The number of furan rings is 1. The number of fused-ring (bicyclic) bond motifs is 1. The molecule has 31 heavy (non-hydrogen) atoms. The Hall–Kier alpha value is -3.77. The average Bonchev–Trinajstić information content (AvgIpc) is 3.16. The molecule has 0 saturated heterocycles. The molecule has 0 bridgehead atoms. The maximum atomic E-state index is 13.1. The number of hydrogen-bond donors (Lipinski definition) is 1. The summed E-state index contributed by atoms with van der Waals surface area (Å²) < 4.78 is 16.6. The molecule has 0 unspecified atom stereocenters. The number of ketones is 1. The Labute approximate surface area is 183 Å². The van der Waals surface area contributed by atoms with Gasteiger partial charge in [0.2, 0.25) is 5.78 Å². The topological polar surface area (TPSA) is 77.8 Å². The smallest absolute Gasteiger partial charge is 0.262 e. The summed E-state index contributed by atoms with van der Waals surface area (Å²) in [6.45, 7) is -0.269. The van der Waals surface area contributed by atoms with Crippen LogP contribution in [0.1, 0.15) is 16.1 Å². The number of anilines is 1. The van der Waals surface area contributed by atoms with Gasteiger partial charge in [-0.25, -0.2) is 0 Å². The number of carbonyl (C=O) groups excluding carboxylic acids is 2. The maximum Gasteiger partial charge on any atom is 0.262 e. The number of methoxy groups -OCH3 is 1. The predicted molar refractivity (Wildman–Crippen MR) is 118 cm³/mol. The number of halogens is 1. The number of carbonyl (C=O) groups is 2. The van der Waals surface area contributed by atoms with Gasteiger partial charge in [0.15, 0.2) is 23.9 Å². The summed E-state index contributed by atoms with van der Waals surface area (Å²) >= 11 is 5.92. The first-order valence-electron chi connectivity index (χ1n) is 9.44. The van der Waals surface area contributed by atoms with Gasteiger partial charge in [0, 0.05) is 16.0 Å². The molecular weight excluding hydrogens is 418 g/mol. The van der Waals surface area contributed by atoms with Crippen LogP contribution in [-0.4, -0.2) is 25.4 Å². The van der Waals surface area contributed by atoms with Crippen molar-refractivity contribution in [1.82, 2.24) is 0 Å². The molecule has 1 aromatic heterocycles. The van der Waals surface area contributed by atoms with Crippen molar-refractivity contribution in [3.05, 3.63) is 89.1 Å². The minimum atomic E-state index is -0.442. The van der Waals surface area contributed by atoms with Gasteiger partial charge in [-0.2, -0.15) is 0 Å². The molecule has 1 heterocycles. The Bertz CT molecular complexity index is 1250. The quantitative estimate of drug-likeness (QED) is 0.396. The molecule has 0 fully saturated rings. The average molecular weight is 436 g/mol. The van der Waals surface area contributed by atoms with Gasteiger partial charge < -0.3 is 19.2 Å². The van der Waals surface area contributed by atoms with Gasteiger partial charge in [0.25, 0.3) is 5.91 Å². The van der Waals surface area contributed by atoms with Crippen LogP contribution in [0.5, 0.6) is 11.5 Å². The molecule has 6 nitrogen and oxygen atoms in total. The highest BCUT2D eigenvalue weighted by Gasteiger charge is 2.23. The monoisotopic (exact) mass is 435 g/mol. The highest BCUT2D eigenvalue weighted by atomic mass is 35.5. The van der Waals surface area contributed by atoms with Gasteiger partial charge >= 0.3 is 0 Å². The van der Waals surface area contributed by atoms with Gasteiger partial charge in [-0.3, -0.25) is 9.59 Å². The minimum Gasteiger partial charge on any atom is -0.493 e. The van der Waals surface area contributed by atoms with Crippen LogP contribution in [0.15, 0.2) is 77.2 Å². The molecule has 1 amide bonds. The highest BCUT2D eigenvalue weighted by Crippen LogP contribution is 2.33. The third kappa shape index (κ3) is 4.39. The summed E-state index contributed by atoms with van der Waals surface area (Å²) in [5.41, 5.74) is 1.18. The summed E-state index contributed by atoms with van der Waals surface area (Å²) in [4.78, 5) is 25.7. The van der Waals surface area contributed by atoms with Crippen LogP contribution in [0.4, 0.5) is 5.69 Å². The summed E-state index contributed by atoms with van der Waals surface area (Å²) in [7, 11) is 1.52. The lowest BCUT2D eigenvalue weighted by Crippen LogP contribution is -2.21. The predicted octanol–water partition coefficient (Wildman–Crippen LogP) is 5.34. The van der Waals surface area contributed by atoms with Crippen molar-refractivity contribution in [3.8, 4) is 11.5 Å². The molecule has 4 rings (SSSR count). The fourth-order valence-corrected chi connectivity index (χ4v) is 3.24. The highest BCUT2D eigenvalue weighted by molar-refractivity contribution is 6.30. The second-order valence-corrected chi connectivity index (χ2v) is 7.06. The van der Waals surface area contributed by atoms with Gasteiger partial charge in [0.05, 0.1) is 12.8 Å². The second kappa shape index (κ2) is 8.93. The van der Waals surface area contributed by atoms with E-state index < -0.39 is 5.91 Å². The van der Waals surface area contributed by atoms with Crippen LogP contribution < -0.4 is 14.8 Å². The van der Waals surface area contributed by atoms with E-state index in [0.29, 0.717) is 38.7 Å². The molecule has 0 aliphatic carbocycles. The van der Waals surface area contributed by atoms with E-state index in [0.717, 1.165) is 0 Å². The number of amides is 1. The van der Waals surface area contributed by atoms with Crippen molar-refractivity contribution in [2.24, 2.45) is 0 Å². The Morgan fingerprint density at radius 1 is 0.935 bits per heavy atom. The van der Waals surface area contributed by atoms with Crippen molar-refractivity contribution < 1.29 is 23.5 Å². The third-order valence-electron chi connectivity index (χ3n) is 4.60. The molecule has 156 valence electrons. The normalized spacial score (nSPS) is 10.6. The number of nitrogens with one attached hydrogen (secondary N) is 1. The van der Waals surface area contributed by atoms with E-state index in [1.165, 1.54) is 7.11 Å². The lowest BCUT2D eigenvalue weighted by molar-refractivity contribution is -0.118. The van der Waals surface area contributed by atoms with Crippen LogP contribution in [0, 0.1) is 0 Å². The molecule has 0 saturated carbocycles. The molecule has 4 aromatic rings. The molecule has 3 aromatic carbocycles. The Balaban J connectivity index is 1.60. The standard InChI is InChI=1S/C24H18ClNO5/c1-29-19-8-4-5-9-20(19)30-14-21(27)26-22-17-6-2-3-7-18(17)31-24(22)23(28)15-10-12-16(25)13-11-15/h2-13H,14H2,1H3,(H,26,27). The van der Waals surface area contributed by atoms with Gasteiger partial charge in [-0.15, -0.1) is 0 Å². The van der Waals surface area contributed by atoms with Crippen LogP contribution in [-0.2, 0) is 4.79 Å². The Morgan fingerprint density at radius 2 is 1.61 bits per heavy atom. The van der Waals surface area contributed by atoms with Crippen molar-refractivity contribution in [3.63, 3.8) is 0 Å². The van der Waals surface area contributed by atoms with E-state index in [-0.39, 0.29) is 18.2 Å². The van der Waals surface area contributed by atoms with E-state index in [9.17, 15) is 9.59 Å².